The van der Waals surface area contributed by atoms with E-state index in [4.69, 9.17) is 4.98 Å². The summed E-state index contributed by atoms with van der Waals surface area (Å²) in [6.07, 6.45) is 0. The quantitative estimate of drug-likeness (QED) is 0.158. The zero-order valence-electron chi connectivity index (χ0n) is 35.7. The number of aromatic nitrogens is 2. The van der Waals surface area contributed by atoms with Gasteiger partial charge >= 0.3 is 0 Å². The molecule has 2 nitrogen and oxygen atoms in total. The normalized spacial score (nSPS) is 13.0. The van der Waals surface area contributed by atoms with E-state index in [0.29, 0.717) is 0 Å². The Hall–Kier alpha value is -8.07. The largest absolute Gasteiger partial charge is 0.292 e. The number of imidazole rings is 1. The number of nitrogens with zero attached hydrogens (tertiary/aromatic N) is 2. The molecule has 0 unspecified atom stereocenters. The van der Waals surface area contributed by atoms with Crippen molar-refractivity contribution in [3.8, 4) is 61.6 Å². The van der Waals surface area contributed by atoms with Crippen molar-refractivity contribution in [2.24, 2.45) is 0 Å². The van der Waals surface area contributed by atoms with Crippen molar-refractivity contribution >= 4 is 54.1 Å². The summed E-state index contributed by atoms with van der Waals surface area (Å²) in [6.45, 7) is 4.83. The van der Waals surface area contributed by atoms with E-state index >= 15 is 0 Å². The summed E-state index contributed by atoms with van der Waals surface area (Å²) >= 11 is 0. The van der Waals surface area contributed by atoms with Crippen LogP contribution in [-0.4, -0.2) is 9.55 Å². The molecule has 1 aliphatic rings. The van der Waals surface area contributed by atoms with Crippen LogP contribution in [0.1, 0.15) is 25.0 Å². The van der Waals surface area contributed by atoms with Gasteiger partial charge in [-0.05, 0) is 147 Å². The molecule has 300 valence electrons. The lowest BCUT2D eigenvalue weighted by Gasteiger charge is -2.24. The summed E-state index contributed by atoms with van der Waals surface area (Å²) in [4.78, 5) is 5.20. The van der Waals surface area contributed by atoms with Crippen LogP contribution >= 0.6 is 0 Å². The molecule has 13 rings (SSSR count). The fraction of sp³-hybridized carbons (Fsp3) is 0.0484. The van der Waals surface area contributed by atoms with Crippen molar-refractivity contribution < 1.29 is 0 Å². The summed E-state index contributed by atoms with van der Waals surface area (Å²) in [7, 11) is 0. The number of hydrogen-bond acceptors (Lipinski definition) is 1. The Morgan fingerprint density at radius 3 is 1.59 bits per heavy atom. The van der Waals surface area contributed by atoms with E-state index in [1.165, 1.54) is 98.7 Å². The second-order valence-corrected chi connectivity index (χ2v) is 17.9. The lowest BCUT2D eigenvalue weighted by molar-refractivity contribution is 0.661. The second kappa shape index (κ2) is 14.0. The van der Waals surface area contributed by atoms with Gasteiger partial charge in [-0.1, -0.05) is 184 Å². The van der Waals surface area contributed by atoms with E-state index in [1.54, 1.807) is 0 Å². The smallest absolute Gasteiger partial charge is 0.145 e. The first-order chi connectivity index (χ1) is 31.5. The van der Waals surface area contributed by atoms with Crippen molar-refractivity contribution in [1.82, 2.24) is 9.55 Å². The molecule has 12 aromatic rings. The predicted molar refractivity (Wildman–Crippen MR) is 270 cm³/mol. The molecule has 0 saturated carbocycles. The maximum absolute atomic E-state index is 5.20. The third-order valence-corrected chi connectivity index (χ3v) is 14.0. The minimum absolute atomic E-state index is 0.255. The van der Waals surface area contributed by atoms with Crippen LogP contribution in [0.15, 0.2) is 218 Å². The summed E-state index contributed by atoms with van der Waals surface area (Å²) in [5.41, 5.74) is 16.8. The Kier molecular flexibility index (Phi) is 7.98. The van der Waals surface area contributed by atoms with Crippen molar-refractivity contribution in [3.63, 3.8) is 0 Å². The van der Waals surface area contributed by atoms with Gasteiger partial charge in [0.05, 0.1) is 11.0 Å². The monoisotopic (exact) mass is 814 g/mol. The lowest BCUT2D eigenvalue weighted by Crippen LogP contribution is -2.15. The predicted octanol–water partition coefficient (Wildman–Crippen LogP) is 16.6. The third kappa shape index (κ3) is 5.42. The molecule has 0 saturated heterocycles. The Morgan fingerprint density at radius 1 is 0.359 bits per heavy atom. The number of benzene rings is 11. The summed E-state index contributed by atoms with van der Waals surface area (Å²) in [5.74, 6) is 0.936. The van der Waals surface area contributed by atoms with Gasteiger partial charge in [0.15, 0.2) is 0 Å². The molecule has 0 bridgehead atoms. The van der Waals surface area contributed by atoms with Crippen molar-refractivity contribution in [2.45, 2.75) is 19.3 Å². The molecule has 1 aromatic heterocycles. The van der Waals surface area contributed by atoms with Crippen LogP contribution in [-0.2, 0) is 5.41 Å². The molecule has 11 aromatic carbocycles. The van der Waals surface area contributed by atoms with Crippen LogP contribution in [0.3, 0.4) is 0 Å². The van der Waals surface area contributed by atoms with Crippen molar-refractivity contribution in [1.29, 1.82) is 0 Å². The fourth-order valence-corrected chi connectivity index (χ4v) is 10.9. The zero-order valence-corrected chi connectivity index (χ0v) is 35.7. The lowest BCUT2D eigenvalue weighted by atomic mass is 9.78. The highest BCUT2D eigenvalue weighted by molar-refractivity contribution is 6.26. The van der Waals surface area contributed by atoms with Gasteiger partial charge in [-0.15, -0.1) is 0 Å². The maximum atomic E-state index is 5.20. The van der Waals surface area contributed by atoms with Gasteiger partial charge in [0, 0.05) is 16.7 Å². The molecular weight excluding hydrogens is 773 g/mol. The number of fused-ring (bicyclic) bond motifs is 8. The summed E-state index contributed by atoms with van der Waals surface area (Å²) in [5, 5.41) is 10.1. The van der Waals surface area contributed by atoms with E-state index in [1.807, 2.05) is 0 Å². The Morgan fingerprint density at radius 2 is 0.891 bits per heavy atom. The topological polar surface area (TPSA) is 17.8 Å². The van der Waals surface area contributed by atoms with E-state index in [9.17, 15) is 0 Å². The number of hydrogen-bond donors (Lipinski definition) is 0. The molecule has 0 fully saturated rings. The van der Waals surface area contributed by atoms with Gasteiger partial charge in [0.2, 0.25) is 0 Å². The molecule has 0 radical (unpaired) electrons. The van der Waals surface area contributed by atoms with Gasteiger partial charge in [-0.25, -0.2) is 4.98 Å². The highest BCUT2D eigenvalue weighted by Gasteiger charge is 2.37. The van der Waals surface area contributed by atoms with Gasteiger partial charge < -0.3 is 0 Å². The maximum Gasteiger partial charge on any atom is 0.145 e. The Labute approximate surface area is 372 Å². The van der Waals surface area contributed by atoms with Crippen molar-refractivity contribution in [3.05, 3.63) is 230 Å². The molecule has 0 amide bonds. The van der Waals surface area contributed by atoms with Gasteiger partial charge in [-0.2, -0.15) is 0 Å². The van der Waals surface area contributed by atoms with Gasteiger partial charge in [0.1, 0.15) is 5.82 Å². The van der Waals surface area contributed by atoms with E-state index < -0.39 is 0 Å². The van der Waals surface area contributed by atoms with Crippen LogP contribution in [0, 0.1) is 0 Å². The van der Waals surface area contributed by atoms with E-state index in [-0.39, 0.29) is 5.41 Å². The Balaban J connectivity index is 1.04. The minimum atomic E-state index is -0.255. The highest BCUT2D eigenvalue weighted by atomic mass is 15.1. The minimum Gasteiger partial charge on any atom is -0.292 e. The van der Waals surface area contributed by atoms with E-state index in [2.05, 4.69) is 237 Å². The first-order valence-electron chi connectivity index (χ1n) is 22.3. The molecule has 0 spiro atoms. The molecule has 0 atom stereocenters. The average Bonchev–Trinajstić information content (AvgIpc) is 3.84. The zero-order chi connectivity index (χ0) is 42.5. The van der Waals surface area contributed by atoms with Gasteiger partial charge in [0.25, 0.3) is 0 Å². The Bertz CT molecular complexity index is 3860. The van der Waals surface area contributed by atoms with Gasteiger partial charge in [-0.3, -0.25) is 4.57 Å². The van der Waals surface area contributed by atoms with Crippen LogP contribution in [0.25, 0.3) is 116 Å². The molecule has 0 aliphatic heterocycles. The van der Waals surface area contributed by atoms with Crippen LogP contribution < -0.4 is 0 Å². The first kappa shape index (κ1) is 36.6. The van der Waals surface area contributed by atoms with Crippen LogP contribution in [0.4, 0.5) is 0 Å². The molecule has 64 heavy (non-hydrogen) atoms. The third-order valence-electron chi connectivity index (χ3n) is 14.0. The first-order valence-corrected chi connectivity index (χ1v) is 22.3. The summed E-state index contributed by atoms with van der Waals surface area (Å²) in [6, 6.07) is 80.4. The fourth-order valence-electron chi connectivity index (χ4n) is 10.9. The highest BCUT2D eigenvalue weighted by Crippen LogP contribution is 2.55. The molecule has 2 heteroatoms. The molecule has 1 heterocycles. The second-order valence-electron chi connectivity index (χ2n) is 17.9. The molecular formula is C62H42N2. The number of rotatable bonds is 5. The average molecular weight is 815 g/mol. The number of para-hydroxylation sites is 3. The molecule has 0 N–H and O–H groups in total. The summed E-state index contributed by atoms with van der Waals surface area (Å²) < 4.78 is 2.28. The van der Waals surface area contributed by atoms with Crippen molar-refractivity contribution in [2.75, 3.05) is 0 Å². The SMILES string of the molecule is CC1(C)c2cc(-c3cccc(-c4nc5ccccc5n4-c4ccccc4)c3)ccc2-c2cc3c(-c4cccc5ccccc45)c4ccccc4c(-c4cccc5ccccc45)c3cc21. The molecule has 1 aliphatic carbocycles. The van der Waals surface area contributed by atoms with Crippen LogP contribution in [0.5, 0.6) is 0 Å². The van der Waals surface area contributed by atoms with Crippen LogP contribution in [0.2, 0.25) is 0 Å². The standard InChI is InChI=1S/C62H42N2/c1-62(2)55-36-42(41-21-14-22-43(35-41)61-63-57-31-12-13-32-58(57)64(61)44-23-4-3-5-24-44)33-34-47(55)52-37-53-54(38-56(52)62)60(49-30-16-20-40-18-7-9-26-46(40)49)51-28-11-10-27-50(51)59(53)48-29-15-19-39-17-6-8-25-45(39)48/h3-38H,1-2H3. The van der Waals surface area contributed by atoms with E-state index in [0.717, 1.165) is 28.1 Å².